The minimum absolute atomic E-state index is 0.0736. The van der Waals surface area contributed by atoms with E-state index in [1.807, 2.05) is 35.8 Å². The van der Waals surface area contributed by atoms with Crippen molar-refractivity contribution in [3.05, 3.63) is 33.7 Å². The fourth-order valence-electron chi connectivity index (χ4n) is 2.80. The van der Waals surface area contributed by atoms with Gasteiger partial charge in [-0.3, -0.25) is 14.0 Å². The molecule has 0 saturated carbocycles. The van der Waals surface area contributed by atoms with Crippen LogP contribution in [0, 0.1) is 0 Å². The van der Waals surface area contributed by atoms with Gasteiger partial charge in [0.05, 0.1) is 10.2 Å². The number of hydrogen-bond donors (Lipinski definition) is 1. The Balaban J connectivity index is 1.81. The monoisotopic (exact) mass is 362 g/mol. The summed E-state index contributed by atoms with van der Waals surface area (Å²) < 4.78 is 9.43. The van der Waals surface area contributed by atoms with Crippen molar-refractivity contribution in [3.63, 3.8) is 0 Å². The van der Waals surface area contributed by atoms with Gasteiger partial charge in [0.2, 0.25) is 5.91 Å². The third-order valence-corrected chi connectivity index (χ3v) is 4.83. The molecular weight excluding hydrogens is 340 g/mol. The zero-order valence-electron chi connectivity index (χ0n) is 14.4. The highest BCUT2D eigenvalue weighted by Gasteiger charge is 2.15. The summed E-state index contributed by atoms with van der Waals surface area (Å²) in [5, 5.41) is 9.20. The Kier molecular flexibility index (Phi) is 5.50. The Morgan fingerprint density at radius 2 is 2.20 bits per heavy atom. The van der Waals surface area contributed by atoms with Crippen LogP contribution in [0.1, 0.15) is 26.1 Å². The number of carbonyl (C=O) groups excluding carboxylic acids is 1. The number of aromatic nitrogens is 3. The Labute approximate surface area is 149 Å². The van der Waals surface area contributed by atoms with Crippen LogP contribution in [0.25, 0.3) is 15.7 Å². The lowest BCUT2D eigenvalue weighted by Crippen LogP contribution is -2.35. The number of ether oxygens (including phenoxy) is 1. The van der Waals surface area contributed by atoms with E-state index in [9.17, 15) is 9.59 Å². The zero-order valence-corrected chi connectivity index (χ0v) is 15.3. The fraction of sp³-hybridized carbons (Fsp3) is 0.471. The maximum atomic E-state index is 12.7. The molecule has 0 fully saturated rings. The standard InChI is InChI=1S/C17H22N4O3S/c1-3-15-19-20(11-16(22)18-7-5-8-24-4-2)17(23)13-10-14-12(21(13)15)6-9-25-14/h6,9-10H,3-5,7-8,11H2,1-2H3,(H,18,22). The molecule has 8 heteroatoms. The lowest BCUT2D eigenvalue weighted by Gasteiger charge is -2.10. The summed E-state index contributed by atoms with van der Waals surface area (Å²) in [5.41, 5.74) is 1.32. The zero-order chi connectivity index (χ0) is 17.8. The van der Waals surface area contributed by atoms with Gasteiger partial charge in [-0.1, -0.05) is 6.92 Å². The molecule has 134 valence electrons. The van der Waals surface area contributed by atoms with Crippen LogP contribution < -0.4 is 10.9 Å². The minimum Gasteiger partial charge on any atom is -0.382 e. The number of aryl methyl sites for hydroxylation is 1. The molecule has 3 aromatic rings. The molecule has 1 N–H and O–H groups in total. The normalized spacial score (nSPS) is 11.4. The number of hydrogen-bond acceptors (Lipinski definition) is 5. The van der Waals surface area contributed by atoms with Gasteiger partial charge in [-0.15, -0.1) is 11.3 Å². The second kappa shape index (κ2) is 7.79. The number of rotatable bonds is 8. The van der Waals surface area contributed by atoms with Crippen molar-refractivity contribution in [2.24, 2.45) is 0 Å². The lowest BCUT2D eigenvalue weighted by molar-refractivity contribution is -0.121. The SMILES string of the molecule is CCOCCCNC(=O)Cn1nc(CC)n2c(cc3sccc32)c1=O. The highest BCUT2D eigenvalue weighted by atomic mass is 32.1. The summed E-state index contributed by atoms with van der Waals surface area (Å²) in [4.78, 5) is 24.8. The first-order valence-corrected chi connectivity index (χ1v) is 9.36. The fourth-order valence-corrected chi connectivity index (χ4v) is 3.60. The van der Waals surface area contributed by atoms with Gasteiger partial charge >= 0.3 is 0 Å². The molecule has 0 bridgehead atoms. The summed E-state index contributed by atoms with van der Waals surface area (Å²) in [5.74, 6) is 0.554. The second-order valence-electron chi connectivity index (χ2n) is 5.67. The van der Waals surface area contributed by atoms with E-state index in [2.05, 4.69) is 10.4 Å². The number of nitrogens with zero attached hydrogens (tertiary/aromatic N) is 3. The first kappa shape index (κ1) is 17.6. The Morgan fingerprint density at radius 1 is 1.36 bits per heavy atom. The molecule has 0 atom stereocenters. The Hall–Kier alpha value is -2.19. The highest BCUT2D eigenvalue weighted by Crippen LogP contribution is 2.24. The molecule has 3 aromatic heterocycles. The van der Waals surface area contributed by atoms with Gasteiger partial charge in [-0.2, -0.15) is 5.10 Å². The quantitative estimate of drug-likeness (QED) is 0.620. The first-order chi connectivity index (χ1) is 12.2. The van der Waals surface area contributed by atoms with E-state index in [1.54, 1.807) is 11.3 Å². The van der Waals surface area contributed by atoms with Gasteiger partial charge in [0, 0.05) is 26.2 Å². The van der Waals surface area contributed by atoms with Crippen LogP contribution in [-0.4, -0.2) is 39.8 Å². The van der Waals surface area contributed by atoms with E-state index >= 15 is 0 Å². The molecule has 0 aliphatic heterocycles. The number of amides is 1. The van der Waals surface area contributed by atoms with E-state index in [0.717, 1.165) is 22.5 Å². The predicted molar refractivity (Wildman–Crippen MR) is 98.3 cm³/mol. The van der Waals surface area contributed by atoms with Crippen LogP contribution in [0.4, 0.5) is 0 Å². The van der Waals surface area contributed by atoms with Crippen LogP contribution in [0.3, 0.4) is 0 Å². The van der Waals surface area contributed by atoms with Crippen LogP contribution >= 0.6 is 11.3 Å². The van der Waals surface area contributed by atoms with E-state index in [-0.39, 0.29) is 18.0 Å². The smallest absolute Gasteiger partial charge is 0.291 e. The molecule has 7 nitrogen and oxygen atoms in total. The number of carbonyl (C=O) groups is 1. The molecule has 1 amide bonds. The molecule has 25 heavy (non-hydrogen) atoms. The van der Waals surface area contributed by atoms with E-state index in [1.165, 1.54) is 4.68 Å². The highest BCUT2D eigenvalue weighted by molar-refractivity contribution is 7.17. The van der Waals surface area contributed by atoms with E-state index in [4.69, 9.17) is 4.74 Å². The molecule has 3 rings (SSSR count). The lowest BCUT2D eigenvalue weighted by atomic mass is 10.4. The van der Waals surface area contributed by atoms with Crippen molar-refractivity contribution in [2.75, 3.05) is 19.8 Å². The average Bonchev–Trinajstić information content (AvgIpc) is 3.18. The summed E-state index contributed by atoms with van der Waals surface area (Å²) in [7, 11) is 0. The average molecular weight is 362 g/mol. The predicted octanol–water partition coefficient (Wildman–Crippen LogP) is 1.82. The van der Waals surface area contributed by atoms with Gasteiger partial charge in [0.25, 0.3) is 5.56 Å². The third-order valence-electron chi connectivity index (χ3n) is 3.97. The van der Waals surface area contributed by atoms with E-state index in [0.29, 0.717) is 31.7 Å². The molecule has 0 radical (unpaired) electrons. The second-order valence-corrected chi connectivity index (χ2v) is 6.62. The van der Waals surface area contributed by atoms with Gasteiger partial charge < -0.3 is 10.1 Å². The molecule has 0 aliphatic rings. The molecule has 0 saturated heterocycles. The van der Waals surface area contributed by atoms with Crippen molar-refractivity contribution >= 4 is 33.0 Å². The number of fused-ring (bicyclic) bond motifs is 3. The molecule has 0 aromatic carbocycles. The molecule has 0 unspecified atom stereocenters. The molecule has 3 heterocycles. The molecule has 0 aliphatic carbocycles. The van der Waals surface area contributed by atoms with Crippen LogP contribution in [-0.2, 0) is 22.5 Å². The van der Waals surface area contributed by atoms with Crippen molar-refractivity contribution in [1.29, 1.82) is 0 Å². The van der Waals surface area contributed by atoms with E-state index < -0.39 is 0 Å². The van der Waals surface area contributed by atoms with Crippen molar-refractivity contribution in [3.8, 4) is 0 Å². The minimum atomic E-state index is -0.245. The number of thiophene rings is 1. The van der Waals surface area contributed by atoms with Crippen LogP contribution in [0.15, 0.2) is 22.3 Å². The summed E-state index contributed by atoms with van der Waals surface area (Å²) in [6.07, 6.45) is 1.42. The van der Waals surface area contributed by atoms with Crippen molar-refractivity contribution in [1.82, 2.24) is 19.5 Å². The summed E-state index contributed by atoms with van der Waals surface area (Å²) in [6, 6.07) is 3.86. The third kappa shape index (κ3) is 3.59. The first-order valence-electron chi connectivity index (χ1n) is 8.48. The van der Waals surface area contributed by atoms with Gasteiger partial charge in [0.1, 0.15) is 17.9 Å². The maximum Gasteiger partial charge on any atom is 0.291 e. The Bertz CT molecular complexity index is 941. The van der Waals surface area contributed by atoms with Gasteiger partial charge in [-0.05, 0) is 30.9 Å². The van der Waals surface area contributed by atoms with Crippen molar-refractivity contribution in [2.45, 2.75) is 33.2 Å². The summed E-state index contributed by atoms with van der Waals surface area (Å²) in [6.45, 7) is 5.66. The maximum absolute atomic E-state index is 12.7. The Morgan fingerprint density at radius 3 is 2.96 bits per heavy atom. The number of nitrogens with one attached hydrogen (secondary N) is 1. The van der Waals surface area contributed by atoms with Crippen LogP contribution in [0.5, 0.6) is 0 Å². The molecular formula is C17H22N4O3S. The largest absolute Gasteiger partial charge is 0.382 e. The van der Waals surface area contributed by atoms with Gasteiger partial charge in [-0.25, -0.2) is 4.68 Å². The van der Waals surface area contributed by atoms with Crippen molar-refractivity contribution < 1.29 is 9.53 Å². The topological polar surface area (TPSA) is 77.6 Å². The van der Waals surface area contributed by atoms with Gasteiger partial charge in [0.15, 0.2) is 0 Å². The molecule has 0 spiro atoms. The summed E-state index contributed by atoms with van der Waals surface area (Å²) >= 11 is 1.59. The van der Waals surface area contributed by atoms with Crippen LogP contribution in [0.2, 0.25) is 0 Å².